The summed E-state index contributed by atoms with van der Waals surface area (Å²) >= 11 is 8.16. The van der Waals surface area contributed by atoms with E-state index >= 15 is 0 Å². The van der Waals surface area contributed by atoms with Crippen molar-refractivity contribution in [2.75, 3.05) is 57.3 Å². The summed E-state index contributed by atoms with van der Waals surface area (Å²) in [6, 6.07) is 14.8. The van der Waals surface area contributed by atoms with Gasteiger partial charge in [-0.15, -0.1) is 0 Å². The third-order valence-electron chi connectivity index (χ3n) is 6.31. The molecule has 2 aromatic carbocycles. The Morgan fingerprint density at radius 1 is 0.939 bits per heavy atom. The van der Waals surface area contributed by atoms with Crippen molar-refractivity contribution in [2.45, 2.75) is 42.4 Å². The number of rotatable bonds is 10. The molecule has 0 spiro atoms. The van der Waals surface area contributed by atoms with Crippen molar-refractivity contribution in [3.8, 4) is 0 Å². The first-order valence-corrected chi connectivity index (χ1v) is 13.3. The van der Waals surface area contributed by atoms with Crippen molar-refractivity contribution in [3.05, 3.63) is 47.5 Å². The maximum absolute atomic E-state index is 11.7. The fourth-order valence-corrected chi connectivity index (χ4v) is 5.66. The molecule has 2 aliphatic heterocycles. The van der Waals surface area contributed by atoms with E-state index in [0.717, 1.165) is 70.1 Å². The lowest BCUT2D eigenvalue weighted by atomic mass is 10.2. The number of hydrogen-bond donors (Lipinski definition) is 0. The van der Waals surface area contributed by atoms with Gasteiger partial charge in [0.15, 0.2) is 0 Å². The molecular formula is C26H34ClN3O2S. The van der Waals surface area contributed by atoms with Crippen LogP contribution in [0.2, 0.25) is 5.02 Å². The van der Waals surface area contributed by atoms with E-state index in [1.165, 1.54) is 21.2 Å². The minimum atomic E-state index is -0.0592. The second-order valence-electron chi connectivity index (χ2n) is 8.69. The average Bonchev–Trinajstić information content (AvgIpc) is 2.83. The Bertz CT molecular complexity index is 934. The lowest BCUT2D eigenvalue weighted by molar-refractivity contribution is -0.144. The quantitative estimate of drug-likeness (QED) is 0.401. The number of carbonyl (C=O) groups is 1. The van der Waals surface area contributed by atoms with Crippen molar-refractivity contribution in [1.29, 1.82) is 0 Å². The summed E-state index contributed by atoms with van der Waals surface area (Å²) in [5.41, 5.74) is 2.49. The summed E-state index contributed by atoms with van der Waals surface area (Å²) in [6.45, 7) is 9.70. The second-order valence-corrected chi connectivity index (χ2v) is 10.2. The first kappa shape index (κ1) is 24.4. The molecule has 33 heavy (non-hydrogen) atoms. The molecular weight excluding hydrogens is 454 g/mol. The molecule has 5 nitrogen and oxygen atoms in total. The summed E-state index contributed by atoms with van der Waals surface area (Å²) in [5.74, 6) is -0.0592. The number of esters is 1. The third kappa shape index (κ3) is 6.66. The predicted molar refractivity (Wildman–Crippen MR) is 137 cm³/mol. The van der Waals surface area contributed by atoms with E-state index < -0.39 is 0 Å². The van der Waals surface area contributed by atoms with Gasteiger partial charge in [0.05, 0.1) is 11.4 Å². The zero-order chi connectivity index (χ0) is 23.0. The fraction of sp³-hybridized carbons (Fsp3) is 0.500. The lowest BCUT2D eigenvalue weighted by Gasteiger charge is -2.36. The van der Waals surface area contributed by atoms with E-state index in [1.54, 1.807) is 0 Å². The highest BCUT2D eigenvalue weighted by Gasteiger charge is 2.24. The number of piperazine rings is 1. The highest BCUT2D eigenvalue weighted by Crippen LogP contribution is 2.48. The highest BCUT2D eigenvalue weighted by molar-refractivity contribution is 7.99. The Hall–Kier alpha value is -1.73. The van der Waals surface area contributed by atoms with Gasteiger partial charge in [-0.2, -0.15) is 0 Å². The van der Waals surface area contributed by atoms with Crippen LogP contribution in [0.15, 0.2) is 52.3 Å². The summed E-state index contributed by atoms with van der Waals surface area (Å²) in [4.78, 5) is 21.6. The van der Waals surface area contributed by atoms with Crippen LogP contribution in [0.4, 0.5) is 11.4 Å². The summed E-state index contributed by atoms with van der Waals surface area (Å²) in [5, 5.41) is 0.783. The van der Waals surface area contributed by atoms with Gasteiger partial charge < -0.3 is 14.5 Å². The van der Waals surface area contributed by atoms with Crippen LogP contribution in [0.25, 0.3) is 0 Å². The molecule has 0 saturated carbocycles. The third-order valence-corrected chi connectivity index (χ3v) is 7.68. The summed E-state index contributed by atoms with van der Waals surface area (Å²) < 4.78 is 5.36. The lowest BCUT2D eigenvalue weighted by Crippen LogP contribution is -2.47. The fourth-order valence-electron chi connectivity index (χ4n) is 4.41. The molecule has 0 radical (unpaired) electrons. The monoisotopic (exact) mass is 487 g/mol. The van der Waals surface area contributed by atoms with Crippen molar-refractivity contribution >= 4 is 40.7 Å². The first-order valence-electron chi connectivity index (χ1n) is 12.1. The van der Waals surface area contributed by atoms with E-state index in [0.29, 0.717) is 13.0 Å². The Kier molecular flexibility index (Phi) is 8.96. The van der Waals surface area contributed by atoms with Gasteiger partial charge in [0, 0.05) is 60.5 Å². The maximum Gasteiger partial charge on any atom is 0.305 e. The number of para-hydroxylation sites is 1. The van der Waals surface area contributed by atoms with Gasteiger partial charge in [-0.3, -0.25) is 9.69 Å². The molecule has 7 heteroatoms. The highest BCUT2D eigenvalue weighted by atomic mass is 35.5. The van der Waals surface area contributed by atoms with Gasteiger partial charge >= 0.3 is 5.97 Å². The van der Waals surface area contributed by atoms with Gasteiger partial charge in [0.2, 0.25) is 0 Å². The average molecular weight is 488 g/mol. The molecule has 2 aromatic rings. The van der Waals surface area contributed by atoms with Gasteiger partial charge in [-0.25, -0.2) is 0 Å². The molecule has 0 N–H and O–H groups in total. The minimum absolute atomic E-state index is 0.0592. The van der Waals surface area contributed by atoms with Crippen molar-refractivity contribution in [2.24, 2.45) is 0 Å². The number of carbonyl (C=O) groups excluding carboxylic acids is 1. The van der Waals surface area contributed by atoms with Gasteiger partial charge in [-0.1, -0.05) is 48.8 Å². The van der Waals surface area contributed by atoms with Crippen molar-refractivity contribution in [3.63, 3.8) is 0 Å². The molecule has 2 heterocycles. The van der Waals surface area contributed by atoms with Crippen LogP contribution in [0.1, 0.15) is 32.6 Å². The number of anilines is 2. The number of ether oxygens (including phenoxy) is 1. The second kappa shape index (κ2) is 12.1. The molecule has 0 bridgehead atoms. The van der Waals surface area contributed by atoms with Crippen LogP contribution in [-0.4, -0.2) is 68.2 Å². The molecule has 0 aliphatic carbocycles. The molecule has 2 aliphatic rings. The Morgan fingerprint density at radius 2 is 1.67 bits per heavy atom. The van der Waals surface area contributed by atoms with Crippen LogP contribution in [-0.2, 0) is 9.53 Å². The van der Waals surface area contributed by atoms with Crippen LogP contribution in [0.3, 0.4) is 0 Å². The number of fused-ring (bicyclic) bond motifs is 2. The molecule has 1 saturated heterocycles. The largest absolute Gasteiger partial charge is 0.464 e. The van der Waals surface area contributed by atoms with E-state index in [4.69, 9.17) is 16.3 Å². The van der Waals surface area contributed by atoms with Gasteiger partial charge in [0.1, 0.15) is 6.61 Å². The summed E-state index contributed by atoms with van der Waals surface area (Å²) in [7, 11) is 0. The molecule has 4 rings (SSSR count). The number of halogens is 1. The number of nitrogens with zero attached hydrogens (tertiary/aromatic N) is 3. The number of unbranched alkanes of at least 4 members (excludes halogenated alkanes) is 1. The standard InChI is InChI=1S/C26H34ClN3O2S/c1-2-3-9-26(31)32-19-18-29-16-14-28(15-17-29)12-6-13-30-22-7-4-5-8-24(22)33-25-11-10-21(27)20-23(25)30/h4-5,7-8,10-11,20H,2-3,6,9,12-19H2,1H3. The van der Waals surface area contributed by atoms with E-state index in [2.05, 4.69) is 58.0 Å². The summed E-state index contributed by atoms with van der Waals surface area (Å²) in [6.07, 6.45) is 3.58. The molecule has 1 fully saturated rings. The smallest absolute Gasteiger partial charge is 0.305 e. The predicted octanol–water partition coefficient (Wildman–Crippen LogP) is 5.68. The normalized spacial score (nSPS) is 16.4. The SMILES string of the molecule is CCCCC(=O)OCCN1CCN(CCCN2c3ccccc3Sc3ccc(Cl)cc32)CC1. The maximum atomic E-state index is 11.7. The van der Waals surface area contributed by atoms with Crippen LogP contribution < -0.4 is 4.90 Å². The molecule has 0 atom stereocenters. The first-order chi connectivity index (χ1) is 16.1. The molecule has 178 valence electrons. The Balaban J connectivity index is 1.22. The Labute approximate surface area is 207 Å². The number of benzene rings is 2. The van der Waals surface area contributed by atoms with Gasteiger partial charge in [-0.05, 0) is 49.7 Å². The Morgan fingerprint density at radius 3 is 2.45 bits per heavy atom. The zero-order valence-corrected chi connectivity index (χ0v) is 21.0. The zero-order valence-electron chi connectivity index (χ0n) is 19.5. The molecule has 0 amide bonds. The van der Waals surface area contributed by atoms with Crippen LogP contribution >= 0.6 is 23.4 Å². The van der Waals surface area contributed by atoms with Crippen LogP contribution in [0.5, 0.6) is 0 Å². The van der Waals surface area contributed by atoms with E-state index in [1.807, 2.05) is 17.8 Å². The molecule has 0 unspecified atom stereocenters. The minimum Gasteiger partial charge on any atom is -0.464 e. The van der Waals surface area contributed by atoms with E-state index in [-0.39, 0.29) is 5.97 Å². The molecule has 0 aromatic heterocycles. The van der Waals surface area contributed by atoms with E-state index in [9.17, 15) is 4.79 Å². The van der Waals surface area contributed by atoms with Crippen molar-refractivity contribution in [1.82, 2.24) is 9.80 Å². The van der Waals surface area contributed by atoms with Gasteiger partial charge in [0.25, 0.3) is 0 Å². The van der Waals surface area contributed by atoms with Crippen molar-refractivity contribution < 1.29 is 9.53 Å². The number of hydrogen-bond acceptors (Lipinski definition) is 6. The van der Waals surface area contributed by atoms with Crippen LogP contribution in [0, 0.1) is 0 Å². The topological polar surface area (TPSA) is 36.0 Å².